The number of nitrogens with zero attached hydrogens (tertiary/aromatic N) is 4. The molecule has 0 fully saturated rings. The lowest BCUT2D eigenvalue weighted by Gasteiger charge is -2.46. The Morgan fingerprint density at radius 1 is 0.230 bits per heavy atom. The second kappa shape index (κ2) is 30.5. The molecule has 0 bridgehead atoms. The molecule has 17 aromatic carbocycles. The fourth-order valence-corrected chi connectivity index (χ4v) is 20.0. The predicted octanol–water partition coefficient (Wildman–Crippen LogP) is 30.8. The summed E-state index contributed by atoms with van der Waals surface area (Å²) in [6.07, 6.45) is 0. The summed E-state index contributed by atoms with van der Waals surface area (Å²) in [6.45, 7) is 27.2. The molecule has 4 heterocycles. The molecule has 4 aliphatic rings. The van der Waals surface area contributed by atoms with Gasteiger partial charge < -0.3 is 29.1 Å². The van der Waals surface area contributed by atoms with Gasteiger partial charge in [0.05, 0.1) is 16.8 Å². The van der Waals surface area contributed by atoms with Crippen molar-refractivity contribution in [1.82, 2.24) is 0 Å². The van der Waals surface area contributed by atoms with Crippen LogP contribution in [0.1, 0.15) is 128 Å². The molecule has 0 N–H and O–H groups in total. The number of benzene rings is 17. The van der Waals surface area contributed by atoms with Crippen LogP contribution in [-0.4, -0.2) is 6.71 Å². The zero-order valence-corrected chi connectivity index (χ0v) is 73.7. The van der Waals surface area contributed by atoms with Crippen LogP contribution in [0.15, 0.2) is 394 Å². The lowest BCUT2D eigenvalue weighted by Crippen LogP contribution is -2.61. The van der Waals surface area contributed by atoms with E-state index in [1.807, 2.05) is 0 Å². The number of rotatable bonds is 13. The van der Waals surface area contributed by atoms with Gasteiger partial charge in [0, 0.05) is 101 Å². The van der Waals surface area contributed by atoms with Crippen molar-refractivity contribution < 1.29 is 9.47 Å². The van der Waals surface area contributed by atoms with Crippen LogP contribution in [-0.2, 0) is 27.1 Å². The Bertz CT molecular complexity index is 6380. The topological polar surface area (TPSA) is 31.4 Å². The molecule has 6 nitrogen and oxygen atoms in total. The maximum Gasteiger partial charge on any atom is 0.252 e. The van der Waals surface area contributed by atoms with E-state index in [0.29, 0.717) is 0 Å². The third-order valence-electron chi connectivity index (χ3n) is 26.4. The molecule has 0 aliphatic carbocycles. The van der Waals surface area contributed by atoms with Gasteiger partial charge in [0.15, 0.2) is 0 Å². The summed E-state index contributed by atoms with van der Waals surface area (Å²) in [5.74, 6) is 3.19. The molecule has 126 heavy (non-hydrogen) atoms. The summed E-state index contributed by atoms with van der Waals surface area (Å²) in [6, 6.07) is 148. The van der Waals surface area contributed by atoms with Crippen LogP contribution < -0.4 is 45.5 Å². The largest absolute Gasteiger partial charge is 0.457 e. The van der Waals surface area contributed by atoms with Crippen molar-refractivity contribution in [2.45, 2.75) is 110 Å². The normalized spacial score (nSPS) is 13.4. The summed E-state index contributed by atoms with van der Waals surface area (Å²) >= 11 is 0. The van der Waals surface area contributed by atoms with E-state index in [-0.39, 0.29) is 28.4 Å². The van der Waals surface area contributed by atoms with E-state index in [4.69, 9.17) is 9.47 Å². The Balaban J connectivity index is 0.931. The van der Waals surface area contributed by atoms with Gasteiger partial charge in [-0.2, -0.15) is 0 Å². The molecule has 0 radical (unpaired) electrons. The number of para-hydroxylation sites is 5. The molecule has 4 aliphatic heterocycles. The molecule has 7 heteroatoms. The molecule has 0 unspecified atom stereocenters. The van der Waals surface area contributed by atoms with Crippen LogP contribution >= 0.6 is 0 Å². The summed E-state index contributed by atoms with van der Waals surface area (Å²) in [7, 11) is 0. The maximum absolute atomic E-state index is 7.34. The van der Waals surface area contributed by atoms with Gasteiger partial charge in [-0.25, -0.2) is 0 Å². The predicted molar refractivity (Wildman–Crippen MR) is 530 cm³/mol. The highest BCUT2D eigenvalue weighted by Crippen LogP contribution is 2.63. The van der Waals surface area contributed by atoms with Gasteiger partial charge in [0.25, 0.3) is 6.71 Å². The van der Waals surface area contributed by atoms with Crippen LogP contribution in [0, 0.1) is 0 Å². The van der Waals surface area contributed by atoms with E-state index >= 15 is 0 Å². The highest BCUT2D eigenvalue weighted by molar-refractivity contribution is 7.00. The van der Waals surface area contributed by atoms with E-state index in [2.05, 4.69) is 497 Å². The summed E-state index contributed by atoms with van der Waals surface area (Å²) in [5.41, 5.74) is 34.9. The third kappa shape index (κ3) is 13.5. The first-order chi connectivity index (χ1) is 61.0. The molecular formula is C119H101BN4O2. The molecular weight excluding hydrogens is 1530 g/mol. The van der Waals surface area contributed by atoms with E-state index in [1.165, 1.54) is 27.7 Å². The minimum Gasteiger partial charge on any atom is -0.457 e. The van der Waals surface area contributed by atoms with Crippen molar-refractivity contribution in [1.29, 1.82) is 0 Å². The summed E-state index contributed by atoms with van der Waals surface area (Å²) in [4.78, 5) is 10.4. The Labute approximate surface area is 743 Å². The molecule has 0 saturated heterocycles. The molecule has 17 aromatic rings. The van der Waals surface area contributed by atoms with Gasteiger partial charge >= 0.3 is 0 Å². The number of ether oxygens (including phenoxy) is 2. The van der Waals surface area contributed by atoms with Crippen molar-refractivity contribution in [3.8, 4) is 78.6 Å². The fourth-order valence-electron chi connectivity index (χ4n) is 20.0. The van der Waals surface area contributed by atoms with Crippen molar-refractivity contribution in [2.24, 2.45) is 0 Å². The first-order valence-electron chi connectivity index (χ1n) is 44.4. The van der Waals surface area contributed by atoms with Gasteiger partial charge in [0.1, 0.15) is 23.0 Å². The van der Waals surface area contributed by atoms with Crippen molar-refractivity contribution in [3.05, 3.63) is 439 Å². The van der Waals surface area contributed by atoms with E-state index in [0.717, 1.165) is 180 Å². The summed E-state index contributed by atoms with van der Waals surface area (Å²) in [5, 5.41) is 0. The number of hydrogen-bond donors (Lipinski definition) is 0. The molecule has 1 spiro atoms. The van der Waals surface area contributed by atoms with Gasteiger partial charge in [-0.1, -0.05) is 362 Å². The van der Waals surface area contributed by atoms with E-state index in [1.54, 1.807) is 0 Å². The zero-order chi connectivity index (χ0) is 86.1. The monoisotopic (exact) mass is 1630 g/mol. The lowest BCUT2D eigenvalue weighted by atomic mass is 9.33. The molecule has 612 valence electrons. The number of hydrogen-bond acceptors (Lipinski definition) is 6. The minimum atomic E-state index is -0.891. The van der Waals surface area contributed by atoms with Gasteiger partial charge in [-0.3, -0.25) is 0 Å². The van der Waals surface area contributed by atoms with E-state index < -0.39 is 5.41 Å². The first-order valence-corrected chi connectivity index (χ1v) is 44.4. The van der Waals surface area contributed by atoms with Crippen molar-refractivity contribution in [3.63, 3.8) is 0 Å². The zero-order valence-electron chi connectivity index (χ0n) is 73.7. The Morgan fingerprint density at radius 2 is 0.516 bits per heavy atom. The van der Waals surface area contributed by atoms with E-state index in [9.17, 15) is 0 Å². The highest BCUT2D eigenvalue weighted by Gasteiger charge is 2.52. The third-order valence-corrected chi connectivity index (χ3v) is 26.4. The van der Waals surface area contributed by atoms with Crippen LogP contribution in [0.2, 0.25) is 0 Å². The van der Waals surface area contributed by atoms with Gasteiger partial charge in [-0.15, -0.1) is 0 Å². The van der Waals surface area contributed by atoms with Crippen molar-refractivity contribution in [2.75, 3.05) is 19.6 Å². The van der Waals surface area contributed by atoms with Crippen LogP contribution in [0.25, 0.3) is 55.6 Å². The second-order valence-electron chi connectivity index (χ2n) is 38.4. The van der Waals surface area contributed by atoms with Crippen LogP contribution in [0.4, 0.5) is 68.2 Å². The molecule has 0 saturated carbocycles. The maximum atomic E-state index is 7.34. The van der Waals surface area contributed by atoms with Crippen LogP contribution in [0.3, 0.4) is 0 Å². The smallest absolute Gasteiger partial charge is 0.252 e. The fraction of sp³-hybridized carbons (Fsp3) is 0.143. The Morgan fingerprint density at radius 3 is 0.825 bits per heavy atom. The molecule has 0 atom stereocenters. The average Bonchev–Trinajstić information content (AvgIpc) is 0.688. The quantitative estimate of drug-likeness (QED) is 0.107. The molecule has 0 aromatic heterocycles. The lowest BCUT2D eigenvalue weighted by molar-refractivity contribution is 0.399. The Hall–Kier alpha value is -14.4. The number of anilines is 12. The average molecular weight is 1630 g/mol. The highest BCUT2D eigenvalue weighted by atomic mass is 16.5. The first kappa shape index (κ1) is 78.8. The molecule has 0 amide bonds. The van der Waals surface area contributed by atoms with Gasteiger partial charge in [0.2, 0.25) is 0 Å². The minimum absolute atomic E-state index is 0.0772. The van der Waals surface area contributed by atoms with Crippen molar-refractivity contribution >= 4 is 91.3 Å². The standard InChI is InChI=1S/C119H101BN4O2/c1-115(2,3)84-52-60-88(61-53-84)121(89-62-54-85(55-63-89)116(4,5)6)92-68-70-102-104(76-92)123(113-94(78-33-17-13-18-34-78)41-31-42-95(113)79-35-19-14-20-36-79)106-74-83(82-51-72-111-101(73-82)119(100-47-27-30-50-110(100)126-111)98-45-25-28-48-108(98)125-109-49-29-26-46-99(109)119)75-107-112(106)120(102)103-71-69-93(122(90-64-56-86(57-65-90)117(7,8)9)91-66-58-87(59-67-91)118(10,11)12)77-105(103)124(107)114-96(80-37-21-15-22-38-80)43-32-44-97(114)81-39-23-16-24-40-81/h13-77H,1-12H3. The summed E-state index contributed by atoms with van der Waals surface area (Å²) < 4.78 is 14.4. The van der Waals surface area contributed by atoms with Crippen LogP contribution in [0.5, 0.6) is 23.0 Å². The second-order valence-corrected chi connectivity index (χ2v) is 38.4. The number of fused-ring (bicyclic) bond motifs is 12. The SMILES string of the molecule is CC(C)(C)c1ccc(N(c2ccc(C(C)(C)C)cc2)c2ccc3c(c2)N(c2c(-c4ccccc4)cccc2-c2ccccc2)c2cc(-c4ccc5c(c4)C4(c6ccccc6Oc6ccccc64)c4ccccc4O5)cc4c2B3c2ccc(N(c3ccc(C(C)(C)C)cc3)c3ccc(C(C)(C)C)cc3)cc2N4c2c(-c3ccccc3)cccc2-c2ccccc2)cc1. The molecule has 21 rings (SSSR count). The van der Waals surface area contributed by atoms with Gasteiger partial charge in [-0.05, 0) is 209 Å². The Kier molecular flexibility index (Phi) is 19.1.